The van der Waals surface area contributed by atoms with Crippen LogP contribution < -0.4 is 10.1 Å². The van der Waals surface area contributed by atoms with Crippen LogP contribution in [0.3, 0.4) is 0 Å². The third kappa shape index (κ3) is 4.32. The lowest BCUT2D eigenvalue weighted by Crippen LogP contribution is -2.14. The van der Waals surface area contributed by atoms with Gasteiger partial charge in [-0.15, -0.1) is 11.3 Å². The van der Waals surface area contributed by atoms with Crippen LogP contribution in [0.2, 0.25) is 4.34 Å². The predicted octanol–water partition coefficient (Wildman–Crippen LogP) is 4.32. The Morgan fingerprint density at radius 1 is 1.23 bits per heavy atom. The zero-order chi connectivity index (χ0) is 16.1. The summed E-state index contributed by atoms with van der Waals surface area (Å²) < 4.78 is 5.77. The Morgan fingerprint density at radius 3 is 2.64 bits per heavy atom. The van der Waals surface area contributed by atoms with Gasteiger partial charge in [-0.05, 0) is 36.8 Å². The van der Waals surface area contributed by atoms with Crippen molar-refractivity contribution in [3.8, 4) is 5.75 Å². The number of hydrogen-bond acceptors (Lipinski definition) is 4. The number of rotatable bonds is 6. The molecule has 1 aromatic carbocycles. The van der Waals surface area contributed by atoms with E-state index in [2.05, 4.69) is 5.32 Å². The average Bonchev–Trinajstić information content (AvgIpc) is 2.92. The molecule has 0 aliphatic heterocycles. The van der Waals surface area contributed by atoms with E-state index in [9.17, 15) is 9.59 Å². The quantitative estimate of drug-likeness (QED) is 0.799. The first-order valence-electron chi connectivity index (χ1n) is 6.72. The van der Waals surface area contributed by atoms with Crippen LogP contribution in [0, 0.1) is 6.92 Å². The lowest BCUT2D eigenvalue weighted by atomic mass is 10.1. The van der Waals surface area contributed by atoms with E-state index in [1.807, 2.05) is 19.1 Å². The Kier molecular flexibility index (Phi) is 5.57. The normalized spacial score (nSPS) is 10.3. The standard InChI is InChI=1S/C16H16ClNO3S/c1-10-3-5-13(21-2)11(9-10)18-16(20)8-4-12(19)14-6-7-15(17)22-14/h3,5-7,9H,4,8H2,1-2H3,(H,18,20). The van der Waals surface area contributed by atoms with Gasteiger partial charge in [0.1, 0.15) is 5.75 Å². The maximum atomic E-state index is 12.0. The van der Waals surface area contributed by atoms with Crippen LogP contribution in [0.4, 0.5) is 5.69 Å². The summed E-state index contributed by atoms with van der Waals surface area (Å²) in [5.74, 6) is 0.290. The van der Waals surface area contributed by atoms with Gasteiger partial charge in [0, 0.05) is 12.8 Å². The molecule has 2 rings (SSSR count). The van der Waals surface area contributed by atoms with Crippen LogP contribution in [-0.4, -0.2) is 18.8 Å². The van der Waals surface area contributed by atoms with Gasteiger partial charge in [-0.1, -0.05) is 17.7 Å². The highest BCUT2D eigenvalue weighted by Crippen LogP contribution is 2.26. The number of ether oxygens (including phenoxy) is 1. The molecular weight excluding hydrogens is 322 g/mol. The minimum atomic E-state index is -0.222. The minimum Gasteiger partial charge on any atom is -0.495 e. The van der Waals surface area contributed by atoms with E-state index >= 15 is 0 Å². The van der Waals surface area contributed by atoms with E-state index in [0.717, 1.165) is 5.56 Å². The van der Waals surface area contributed by atoms with Gasteiger partial charge in [0.2, 0.25) is 5.91 Å². The van der Waals surface area contributed by atoms with Gasteiger partial charge < -0.3 is 10.1 Å². The first kappa shape index (κ1) is 16.5. The molecule has 4 nitrogen and oxygen atoms in total. The predicted molar refractivity (Wildman–Crippen MR) is 89.3 cm³/mol. The Hall–Kier alpha value is -1.85. The molecule has 0 spiro atoms. The maximum absolute atomic E-state index is 12.0. The number of anilines is 1. The Morgan fingerprint density at radius 2 is 2.00 bits per heavy atom. The van der Waals surface area contributed by atoms with Gasteiger partial charge >= 0.3 is 0 Å². The van der Waals surface area contributed by atoms with E-state index in [4.69, 9.17) is 16.3 Å². The molecule has 0 bridgehead atoms. The van der Waals surface area contributed by atoms with Crippen molar-refractivity contribution in [2.24, 2.45) is 0 Å². The molecule has 1 N–H and O–H groups in total. The molecule has 0 saturated carbocycles. The van der Waals surface area contributed by atoms with Gasteiger partial charge in [0.15, 0.2) is 5.78 Å². The summed E-state index contributed by atoms with van der Waals surface area (Å²) in [6, 6.07) is 8.88. The SMILES string of the molecule is COc1ccc(C)cc1NC(=O)CCC(=O)c1ccc(Cl)s1. The highest BCUT2D eigenvalue weighted by molar-refractivity contribution is 7.18. The number of methoxy groups -OCH3 is 1. The summed E-state index contributed by atoms with van der Waals surface area (Å²) in [6.07, 6.45) is 0.266. The third-order valence-electron chi connectivity index (χ3n) is 3.06. The molecule has 116 valence electrons. The molecule has 1 aromatic heterocycles. The van der Waals surface area contributed by atoms with Crippen molar-refractivity contribution in [1.82, 2.24) is 0 Å². The number of carbonyl (C=O) groups is 2. The maximum Gasteiger partial charge on any atom is 0.224 e. The number of ketones is 1. The Labute approximate surface area is 138 Å². The molecule has 2 aromatic rings. The van der Waals surface area contributed by atoms with Crippen molar-refractivity contribution in [3.63, 3.8) is 0 Å². The molecule has 0 radical (unpaired) electrons. The van der Waals surface area contributed by atoms with Gasteiger partial charge in [0.25, 0.3) is 0 Å². The van der Waals surface area contributed by atoms with Gasteiger partial charge in [0.05, 0.1) is 22.0 Å². The highest BCUT2D eigenvalue weighted by Gasteiger charge is 2.13. The second-order valence-corrected chi connectivity index (χ2v) is 6.49. The Balaban J connectivity index is 1.93. The third-order valence-corrected chi connectivity index (χ3v) is 4.33. The van der Waals surface area contributed by atoms with Crippen molar-refractivity contribution in [2.45, 2.75) is 19.8 Å². The summed E-state index contributed by atoms with van der Waals surface area (Å²) in [6.45, 7) is 1.93. The van der Waals surface area contributed by atoms with Crippen LogP contribution >= 0.6 is 22.9 Å². The fraction of sp³-hybridized carbons (Fsp3) is 0.250. The van der Waals surface area contributed by atoms with Crippen LogP contribution in [0.1, 0.15) is 28.1 Å². The van der Waals surface area contributed by atoms with Crippen molar-refractivity contribution in [2.75, 3.05) is 12.4 Å². The van der Waals surface area contributed by atoms with E-state index in [1.165, 1.54) is 11.3 Å². The first-order valence-corrected chi connectivity index (χ1v) is 7.92. The second-order valence-electron chi connectivity index (χ2n) is 4.78. The lowest BCUT2D eigenvalue weighted by molar-refractivity contribution is -0.116. The number of amides is 1. The van der Waals surface area contributed by atoms with E-state index < -0.39 is 0 Å². The number of aryl methyl sites for hydroxylation is 1. The second kappa shape index (κ2) is 7.42. The molecule has 6 heteroatoms. The topological polar surface area (TPSA) is 55.4 Å². The molecule has 0 aliphatic rings. The summed E-state index contributed by atoms with van der Waals surface area (Å²) in [5.41, 5.74) is 1.62. The zero-order valence-corrected chi connectivity index (χ0v) is 13.9. The zero-order valence-electron chi connectivity index (χ0n) is 12.3. The van der Waals surface area contributed by atoms with E-state index in [0.29, 0.717) is 20.7 Å². The number of thiophene rings is 1. The van der Waals surface area contributed by atoms with Gasteiger partial charge in [-0.2, -0.15) is 0 Å². The van der Waals surface area contributed by atoms with Gasteiger partial charge in [-0.25, -0.2) is 0 Å². The van der Waals surface area contributed by atoms with Crippen molar-refractivity contribution < 1.29 is 14.3 Å². The molecule has 0 saturated heterocycles. The van der Waals surface area contributed by atoms with E-state index in [1.54, 1.807) is 25.3 Å². The molecule has 0 fully saturated rings. The summed E-state index contributed by atoms with van der Waals surface area (Å²) in [4.78, 5) is 24.5. The number of nitrogens with one attached hydrogen (secondary N) is 1. The van der Waals surface area contributed by atoms with Crippen molar-refractivity contribution in [3.05, 3.63) is 45.1 Å². The molecule has 0 atom stereocenters. The largest absolute Gasteiger partial charge is 0.495 e. The molecule has 0 aliphatic carbocycles. The van der Waals surface area contributed by atoms with Gasteiger partial charge in [-0.3, -0.25) is 9.59 Å². The summed E-state index contributed by atoms with van der Waals surface area (Å²) in [7, 11) is 1.55. The fourth-order valence-corrected chi connectivity index (χ4v) is 2.96. The first-order chi connectivity index (χ1) is 10.5. The smallest absolute Gasteiger partial charge is 0.224 e. The number of benzene rings is 1. The average molecular weight is 338 g/mol. The highest BCUT2D eigenvalue weighted by atomic mass is 35.5. The monoisotopic (exact) mass is 337 g/mol. The Bertz CT molecular complexity index is 696. The molecule has 1 heterocycles. The molecule has 0 unspecified atom stereocenters. The molecule has 22 heavy (non-hydrogen) atoms. The number of halogens is 1. The summed E-state index contributed by atoms with van der Waals surface area (Å²) in [5, 5.41) is 2.78. The summed E-state index contributed by atoms with van der Waals surface area (Å²) >= 11 is 7.02. The van der Waals surface area contributed by atoms with Crippen molar-refractivity contribution in [1.29, 1.82) is 0 Å². The van der Waals surface area contributed by atoms with Crippen LogP contribution in [0.5, 0.6) is 5.75 Å². The number of hydrogen-bond donors (Lipinski definition) is 1. The fourth-order valence-electron chi connectivity index (χ4n) is 1.95. The lowest BCUT2D eigenvalue weighted by Gasteiger charge is -2.10. The minimum absolute atomic E-state index is 0.0803. The number of Topliss-reactive ketones (excluding diaryl/α,β-unsaturated/α-hetero) is 1. The molecule has 1 amide bonds. The van der Waals surface area contributed by atoms with Crippen LogP contribution in [0.25, 0.3) is 0 Å². The van der Waals surface area contributed by atoms with Crippen LogP contribution in [-0.2, 0) is 4.79 Å². The molecular formula is C16H16ClNO3S. The van der Waals surface area contributed by atoms with E-state index in [-0.39, 0.29) is 24.5 Å². The van der Waals surface area contributed by atoms with Crippen molar-refractivity contribution >= 4 is 40.3 Å². The van der Waals surface area contributed by atoms with Crippen LogP contribution in [0.15, 0.2) is 30.3 Å². The number of carbonyl (C=O) groups excluding carboxylic acids is 2.